The van der Waals surface area contributed by atoms with E-state index >= 15 is 0 Å². The molecule has 1 aromatic rings. The number of hydrogen-bond donors (Lipinski definition) is 1. The van der Waals surface area contributed by atoms with Crippen LogP contribution in [0.3, 0.4) is 0 Å². The normalized spacial score (nSPS) is 25.7. The molecule has 1 N–H and O–H groups in total. The number of carbonyl (C=O) groups excluding carboxylic acids is 5. The molecule has 3 rings (SSSR count). The van der Waals surface area contributed by atoms with E-state index in [1.165, 1.54) is 24.3 Å². The monoisotopic (exact) mass is 601 g/mol. The number of rotatable bonds is 9. The molecule has 2 aliphatic rings. The molecule has 1 aromatic carbocycles. The molecular formula is C23H27N3O12S2. The number of ether oxygens (including phenoxy) is 5. The molecule has 0 radical (unpaired) electrons. The number of thioether (sulfide) groups is 1. The topological polar surface area (TPSA) is 193 Å². The Labute approximate surface area is 233 Å². The molecule has 40 heavy (non-hydrogen) atoms. The molecule has 0 bridgehead atoms. The first-order valence-electron chi connectivity index (χ1n) is 11.7. The molecule has 0 aliphatic carbocycles. The van der Waals surface area contributed by atoms with Crippen LogP contribution in [0.1, 0.15) is 27.7 Å². The number of hydrogen-bond acceptors (Lipinski definition) is 14. The number of amidine groups is 1. The third-order valence-corrected chi connectivity index (χ3v) is 7.50. The number of nitrogens with one attached hydrogen (secondary N) is 1. The van der Waals surface area contributed by atoms with Crippen molar-refractivity contribution in [3.05, 3.63) is 30.3 Å². The van der Waals surface area contributed by atoms with E-state index in [0.717, 1.165) is 44.4 Å². The van der Waals surface area contributed by atoms with Crippen molar-refractivity contribution < 1.29 is 56.1 Å². The van der Waals surface area contributed by atoms with Crippen molar-refractivity contribution in [2.24, 2.45) is 5.10 Å². The number of esters is 4. The Bertz CT molecular complexity index is 1290. The van der Waals surface area contributed by atoms with E-state index in [2.05, 4.69) is 9.93 Å². The zero-order valence-corrected chi connectivity index (χ0v) is 23.4. The minimum atomic E-state index is -4.13. The van der Waals surface area contributed by atoms with Crippen molar-refractivity contribution in [3.8, 4) is 0 Å². The van der Waals surface area contributed by atoms with Gasteiger partial charge in [-0.05, 0) is 12.1 Å². The van der Waals surface area contributed by atoms with Crippen molar-refractivity contribution in [2.75, 3.05) is 12.4 Å². The molecule has 17 heteroatoms. The van der Waals surface area contributed by atoms with E-state index < -0.39 is 77.1 Å². The number of carbonyl (C=O) groups is 5. The van der Waals surface area contributed by atoms with Crippen molar-refractivity contribution >= 4 is 56.7 Å². The summed E-state index contributed by atoms with van der Waals surface area (Å²) in [6.45, 7) is 3.80. The molecule has 15 nitrogen and oxygen atoms in total. The van der Waals surface area contributed by atoms with Crippen LogP contribution in [0.15, 0.2) is 40.3 Å². The first-order valence-corrected chi connectivity index (χ1v) is 14.2. The van der Waals surface area contributed by atoms with Gasteiger partial charge in [0.25, 0.3) is 10.0 Å². The smallest absolute Gasteiger partial charge is 0.303 e. The maximum absolute atomic E-state index is 13.0. The predicted octanol–water partition coefficient (Wildman–Crippen LogP) is -0.106. The molecule has 0 saturated carbocycles. The Kier molecular flexibility index (Phi) is 10.1. The molecule has 2 fully saturated rings. The van der Waals surface area contributed by atoms with Gasteiger partial charge in [-0.1, -0.05) is 30.0 Å². The number of nitrogens with zero attached hydrogens (tertiary/aromatic N) is 2. The fourth-order valence-corrected chi connectivity index (χ4v) is 5.61. The largest absolute Gasteiger partial charge is 0.463 e. The lowest BCUT2D eigenvalue weighted by atomic mass is 9.96. The van der Waals surface area contributed by atoms with Crippen LogP contribution < -0.4 is 4.83 Å². The Balaban J connectivity index is 2.05. The van der Waals surface area contributed by atoms with Gasteiger partial charge in [0.2, 0.25) is 5.91 Å². The summed E-state index contributed by atoms with van der Waals surface area (Å²) in [6.07, 6.45) is -7.40. The zero-order chi connectivity index (χ0) is 29.6. The third kappa shape index (κ3) is 7.70. The van der Waals surface area contributed by atoms with E-state index in [9.17, 15) is 32.4 Å². The molecule has 0 aromatic heterocycles. The van der Waals surface area contributed by atoms with Crippen molar-refractivity contribution in [1.29, 1.82) is 0 Å². The molecule has 1 amide bonds. The van der Waals surface area contributed by atoms with Crippen LogP contribution in [0.5, 0.6) is 0 Å². The van der Waals surface area contributed by atoms with E-state index in [1.807, 2.05) is 0 Å². The summed E-state index contributed by atoms with van der Waals surface area (Å²) in [5.41, 5.74) is 0. The van der Waals surface area contributed by atoms with E-state index in [0.29, 0.717) is 0 Å². The summed E-state index contributed by atoms with van der Waals surface area (Å²) < 4.78 is 52.5. The Morgan fingerprint density at radius 3 is 2.10 bits per heavy atom. The quantitative estimate of drug-likeness (QED) is 0.224. The summed E-state index contributed by atoms with van der Waals surface area (Å²) in [5.74, 6) is -4.05. The molecular weight excluding hydrogens is 574 g/mol. The second kappa shape index (κ2) is 13.1. The van der Waals surface area contributed by atoms with E-state index in [1.54, 1.807) is 6.07 Å². The third-order valence-electron chi connectivity index (χ3n) is 5.34. The second-order valence-corrected chi connectivity index (χ2v) is 11.0. The molecule has 0 spiro atoms. The highest BCUT2D eigenvalue weighted by Crippen LogP contribution is 2.34. The van der Waals surface area contributed by atoms with Crippen molar-refractivity contribution in [3.63, 3.8) is 0 Å². The first kappa shape index (κ1) is 30.8. The van der Waals surface area contributed by atoms with Crippen LogP contribution in [0.4, 0.5) is 0 Å². The van der Waals surface area contributed by atoms with Gasteiger partial charge >= 0.3 is 23.9 Å². The van der Waals surface area contributed by atoms with Crippen LogP contribution in [0, 0.1) is 0 Å². The maximum Gasteiger partial charge on any atom is 0.303 e. The van der Waals surface area contributed by atoms with Gasteiger partial charge in [0.05, 0.1) is 10.6 Å². The SMILES string of the molecule is CC(=O)OC[C@H]1O[C@@H](N2C(=O)CSC2=NNS(=O)(=O)c2ccccc2)[C@H](OC(C)=O)[C@@H](OC(C)=O)[C@@H]1OC(C)=O. The average Bonchev–Trinajstić information content (AvgIpc) is 3.24. The van der Waals surface area contributed by atoms with Crippen molar-refractivity contribution in [1.82, 2.24) is 9.73 Å². The first-order chi connectivity index (χ1) is 18.8. The summed E-state index contributed by atoms with van der Waals surface area (Å²) >= 11 is 0.856. The fraction of sp³-hybridized carbons (Fsp3) is 0.478. The summed E-state index contributed by atoms with van der Waals surface area (Å²) in [5, 5.41) is 3.72. The Morgan fingerprint density at radius 2 is 1.52 bits per heavy atom. The van der Waals surface area contributed by atoms with E-state index in [-0.39, 0.29) is 15.8 Å². The van der Waals surface area contributed by atoms with Gasteiger partial charge in [0.15, 0.2) is 29.7 Å². The highest BCUT2D eigenvalue weighted by atomic mass is 32.2. The van der Waals surface area contributed by atoms with Gasteiger partial charge in [-0.2, -0.15) is 13.2 Å². The lowest BCUT2D eigenvalue weighted by Crippen LogP contribution is -2.66. The molecule has 218 valence electrons. The van der Waals surface area contributed by atoms with Crippen LogP contribution in [-0.2, 0) is 57.7 Å². The van der Waals surface area contributed by atoms with Crippen LogP contribution in [0.2, 0.25) is 0 Å². The van der Waals surface area contributed by atoms with Crippen LogP contribution in [0.25, 0.3) is 0 Å². The lowest BCUT2D eigenvalue weighted by Gasteiger charge is -2.46. The Morgan fingerprint density at radius 1 is 0.950 bits per heavy atom. The van der Waals surface area contributed by atoms with Crippen LogP contribution in [-0.4, -0.2) is 91.3 Å². The summed E-state index contributed by atoms with van der Waals surface area (Å²) in [4.78, 5) is 63.5. The van der Waals surface area contributed by atoms with Gasteiger partial charge in [0.1, 0.15) is 12.7 Å². The minimum absolute atomic E-state index is 0.0903. The number of amides is 1. The lowest BCUT2D eigenvalue weighted by molar-refractivity contribution is -0.268. The standard InChI is InChI=1S/C23H27N3O12S2/c1-12(27)34-10-17-19(35-13(2)28)20(36-14(3)29)21(37-15(4)30)22(38-17)26-18(31)11-39-23(26)24-25-40(32,33)16-8-6-5-7-9-16/h5-9,17,19-22,25H,10-11H2,1-4H3/t17-,19-,20+,21-,22-/m1/s1. The highest BCUT2D eigenvalue weighted by Gasteiger charge is 2.56. The number of sulfonamides is 1. The molecule has 2 aliphatic heterocycles. The maximum atomic E-state index is 13.0. The minimum Gasteiger partial charge on any atom is -0.463 e. The summed E-state index contributed by atoms with van der Waals surface area (Å²) in [6, 6.07) is 7.33. The molecule has 2 heterocycles. The molecule has 5 atom stereocenters. The molecule has 2 saturated heterocycles. The zero-order valence-electron chi connectivity index (χ0n) is 21.8. The highest BCUT2D eigenvalue weighted by molar-refractivity contribution is 8.15. The van der Waals surface area contributed by atoms with Gasteiger partial charge < -0.3 is 23.7 Å². The predicted molar refractivity (Wildman–Crippen MR) is 135 cm³/mol. The number of hydrazone groups is 1. The Hall–Kier alpha value is -3.70. The van der Waals surface area contributed by atoms with Crippen molar-refractivity contribution in [2.45, 2.75) is 63.2 Å². The number of benzene rings is 1. The second-order valence-electron chi connectivity index (χ2n) is 8.44. The average molecular weight is 602 g/mol. The summed E-state index contributed by atoms with van der Waals surface area (Å²) in [7, 11) is -4.13. The van der Waals surface area contributed by atoms with Gasteiger partial charge in [-0.25, -0.2) is 0 Å². The fourth-order valence-electron chi connectivity index (χ4n) is 3.87. The van der Waals surface area contributed by atoms with Gasteiger partial charge in [-0.3, -0.25) is 28.9 Å². The van der Waals surface area contributed by atoms with Crippen LogP contribution >= 0.6 is 11.8 Å². The van der Waals surface area contributed by atoms with E-state index in [4.69, 9.17) is 23.7 Å². The molecule has 0 unspecified atom stereocenters. The van der Waals surface area contributed by atoms with Gasteiger partial charge in [-0.15, -0.1) is 5.10 Å². The van der Waals surface area contributed by atoms with Gasteiger partial charge in [0, 0.05) is 27.7 Å².